The summed E-state index contributed by atoms with van der Waals surface area (Å²) in [5.74, 6) is -2.32. The molecule has 4 nitrogen and oxygen atoms in total. The molecule has 22 heavy (non-hydrogen) atoms. The molecule has 112 valence electrons. The number of hydrogen-bond acceptors (Lipinski definition) is 3. The second kappa shape index (κ2) is 5.68. The second-order valence-corrected chi connectivity index (χ2v) is 5.23. The number of imidazole rings is 1. The lowest BCUT2D eigenvalue weighted by Gasteiger charge is -2.20. The van der Waals surface area contributed by atoms with Gasteiger partial charge in [-0.2, -0.15) is 5.26 Å². The summed E-state index contributed by atoms with van der Waals surface area (Å²) < 4.78 is 30.3. The molecule has 6 heteroatoms. The Hall–Kier alpha value is -2.55. The number of nitriles is 1. The Balaban J connectivity index is 1.98. The van der Waals surface area contributed by atoms with Crippen LogP contribution < -0.4 is 0 Å². The van der Waals surface area contributed by atoms with Crippen LogP contribution in [-0.2, 0) is 0 Å². The Morgan fingerprint density at radius 1 is 1.41 bits per heavy atom. The number of hydrogen-bond donors (Lipinski definition) is 0. The summed E-state index contributed by atoms with van der Waals surface area (Å²) in [5.41, 5.74) is 2.26. The number of fused-ring (bicyclic) bond motifs is 1. The monoisotopic (exact) mass is 300 g/mol. The second-order valence-electron chi connectivity index (χ2n) is 5.23. The fraction of sp³-hybridized carbons (Fsp3) is 0.312. The van der Waals surface area contributed by atoms with E-state index in [1.807, 2.05) is 13.0 Å². The van der Waals surface area contributed by atoms with E-state index in [0.717, 1.165) is 5.69 Å². The third-order valence-electron chi connectivity index (χ3n) is 3.89. The van der Waals surface area contributed by atoms with E-state index >= 15 is 0 Å². The summed E-state index contributed by atoms with van der Waals surface area (Å²) >= 11 is 0. The fourth-order valence-corrected chi connectivity index (χ4v) is 2.74. The van der Waals surface area contributed by atoms with Gasteiger partial charge in [0.1, 0.15) is 5.83 Å². The van der Waals surface area contributed by atoms with Crippen molar-refractivity contribution in [1.29, 1.82) is 5.26 Å². The van der Waals surface area contributed by atoms with Crippen molar-refractivity contribution in [3.8, 4) is 6.07 Å². The lowest BCUT2D eigenvalue weighted by atomic mass is 9.90. The molecule has 1 atom stereocenters. The van der Waals surface area contributed by atoms with Gasteiger partial charge in [-0.25, -0.2) is 13.8 Å². The SMILES string of the molecule is Cc1nccn2c(C3CC=C(CCC#N)C(F)=C3F)cnc12. The van der Waals surface area contributed by atoms with E-state index < -0.39 is 17.6 Å². The minimum absolute atomic E-state index is 0.178. The van der Waals surface area contributed by atoms with Crippen LogP contribution in [0.4, 0.5) is 8.78 Å². The molecule has 0 aliphatic heterocycles. The van der Waals surface area contributed by atoms with Gasteiger partial charge in [0.05, 0.1) is 23.4 Å². The van der Waals surface area contributed by atoms with Gasteiger partial charge in [-0.1, -0.05) is 6.08 Å². The highest BCUT2D eigenvalue weighted by Crippen LogP contribution is 2.39. The molecule has 2 aromatic rings. The number of rotatable bonds is 3. The van der Waals surface area contributed by atoms with Crippen molar-refractivity contribution in [2.75, 3.05) is 0 Å². The first kappa shape index (κ1) is 14.4. The molecule has 2 heterocycles. The van der Waals surface area contributed by atoms with E-state index in [1.54, 1.807) is 29.1 Å². The minimum atomic E-state index is -0.841. The van der Waals surface area contributed by atoms with Crippen molar-refractivity contribution in [1.82, 2.24) is 14.4 Å². The Morgan fingerprint density at radius 2 is 2.23 bits per heavy atom. The van der Waals surface area contributed by atoms with Crippen molar-refractivity contribution in [3.05, 3.63) is 53.3 Å². The van der Waals surface area contributed by atoms with Crippen molar-refractivity contribution in [3.63, 3.8) is 0 Å². The molecule has 1 aliphatic carbocycles. The quantitative estimate of drug-likeness (QED) is 0.863. The Kier molecular flexibility index (Phi) is 3.72. The highest BCUT2D eigenvalue weighted by Gasteiger charge is 2.28. The van der Waals surface area contributed by atoms with Crippen LogP contribution >= 0.6 is 0 Å². The normalized spacial score (nSPS) is 18.5. The Morgan fingerprint density at radius 3 is 3.00 bits per heavy atom. The van der Waals surface area contributed by atoms with Crippen molar-refractivity contribution >= 4 is 5.65 Å². The smallest absolute Gasteiger partial charge is 0.158 e. The molecule has 1 unspecified atom stereocenters. The number of halogens is 2. The zero-order valence-electron chi connectivity index (χ0n) is 12.1. The molecule has 0 amide bonds. The van der Waals surface area contributed by atoms with Crippen LogP contribution in [0.5, 0.6) is 0 Å². The van der Waals surface area contributed by atoms with Gasteiger partial charge in [-0.05, 0) is 25.3 Å². The summed E-state index contributed by atoms with van der Waals surface area (Å²) in [6, 6.07) is 1.95. The largest absolute Gasteiger partial charge is 0.300 e. The highest BCUT2D eigenvalue weighted by atomic mass is 19.2. The molecule has 0 saturated carbocycles. The van der Waals surface area contributed by atoms with Gasteiger partial charge >= 0.3 is 0 Å². The maximum atomic E-state index is 14.4. The minimum Gasteiger partial charge on any atom is -0.300 e. The van der Waals surface area contributed by atoms with E-state index in [-0.39, 0.29) is 18.4 Å². The first-order valence-corrected chi connectivity index (χ1v) is 7.03. The molecule has 0 bridgehead atoms. The lowest BCUT2D eigenvalue weighted by Crippen LogP contribution is -2.09. The maximum Gasteiger partial charge on any atom is 0.158 e. The lowest BCUT2D eigenvalue weighted by molar-refractivity contribution is 0.466. The maximum absolute atomic E-state index is 14.4. The molecule has 0 saturated heterocycles. The van der Waals surface area contributed by atoms with Gasteiger partial charge in [0, 0.05) is 25.0 Å². The third-order valence-corrected chi connectivity index (χ3v) is 3.89. The van der Waals surface area contributed by atoms with E-state index in [1.165, 1.54) is 0 Å². The summed E-state index contributed by atoms with van der Waals surface area (Å²) in [4.78, 5) is 8.39. The first-order chi connectivity index (χ1) is 10.6. The standard InChI is InChI=1S/C16H14F2N4/c1-10-16-21-9-13(22(16)8-7-20-10)12-5-4-11(3-2-6-19)14(17)15(12)18/h4,7-9,12H,2-3,5H2,1H3. The van der Waals surface area contributed by atoms with E-state index in [2.05, 4.69) is 9.97 Å². The molecular weight excluding hydrogens is 286 g/mol. The van der Waals surface area contributed by atoms with E-state index in [4.69, 9.17) is 5.26 Å². The van der Waals surface area contributed by atoms with E-state index in [0.29, 0.717) is 17.8 Å². The summed E-state index contributed by atoms with van der Waals surface area (Å²) in [7, 11) is 0. The molecule has 0 aromatic carbocycles. The van der Waals surface area contributed by atoms with Crippen molar-refractivity contribution in [2.45, 2.75) is 32.1 Å². The molecular formula is C16H14F2N4. The number of aryl methyl sites for hydroxylation is 1. The topological polar surface area (TPSA) is 54.0 Å². The van der Waals surface area contributed by atoms with Crippen LogP contribution in [0.25, 0.3) is 5.65 Å². The Labute approximate surface area is 126 Å². The average molecular weight is 300 g/mol. The van der Waals surface area contributed by atoms with Crippen LogP contribution in [-0.4, -0.2) is 14.4 Å². The number of aromatic nitrogens is 3. The van der Waals surface area contributed by atoms with Crippen LogP contribution in [0.2, 0.25) is 0 Å². The van der Waals surface area contributed by atoms with E-state index in [9.17, 15) is 8.78 Å². The fourth-order valence-electron chi connectivity index (χ4n) is 2.74. The molecule has 0 fully saturated rings. The van der Waals surface area contributed by atoms with Crippen molar-refractivity contribution < 1.29 is 8.78 Å². The number of allylic oxidation sites excluding steroid dienone is 4. The highest BCUT2D eigenvalue weighted by molar-refractivity contribution is 5.47. The summed E-state index contributed by atoms with van der Waals surface area (Å²) in [6.07, 6.45) is 7.32. The average Bonchev–Trinajstić information content (AvgIpc) is 2.94. The molecule has 2 aromatic heterocycles. The molecule has 0 N–H and O–H groups in total. The van der Waals surface area contributed by atoms with Gasteiger partial charge in [-0.3, -0.25) is 4.98 Å². The zero-order valence-corrected chi connectivity index (χ0v) is 12.1. The molecule has 1 aliphatic rings. The van der Waals surface area contributed by atoms with Gasteiger partial charge in [-0.15, -0.1) is 0 Å². The van der Waals surface area contributed by atoms with Gasteiger partial charge in [0.25, 0.3) is 0 Å². The van der Waals surface area contributed by atoms with Crippen LogP contribution in [0, 0.1) is 18.3 Å². The molecule has 0 radical (unpaired) electrons. The third kappa shape index (κ3) is 2.29. The first-order valence-electron chi connectivity index (χ1n) is 7.03. The molecule has 3 rings (SSSR count). The summed E-state index contributed by atoms with van der Waals surface area (Å²) in [6.45, 7) is 1.82. The van der Waals surface area contributed by atoms with Gasteiger partial charge in [0.15, 0.2) is 11.5 Å². The molecule has 0 spiro atoms. The number of nitrogens with zero attached hydrogens (tertiary/aromatic N) is 4. The predicted molar refractivity (Wildman–Crippen MR) is 77.3 cm³/mol. The zero-order chi connectivity index (χ0) is 15.7. The Bertz CT molecular complexity index is 826. The van der Waals surface area contributed by atoms with Crippen molar-refractivity contribution in [2.24, 2.45) is 0 Å². The van der Waals surface area contributed by atoms with Crippen LogP contribution in [0.3, 0.4) is 0 Å². The summed E-state index contributed by atoms with van der Waals surface area (Å²) in [5, 5.41) is 8.57. The van der Waals surface area contributed by atoms with Gasteiger partial charge < -0.3 is 4.40 Å². The van der Waals surface area contributed by atoms with Gasteiger partial charge in [0.2, 0.25) is 0 Å². The van der Waals surface area contributed by atoms with Crippen LogP contribution in [0.15, 0.2) is 41.9 Å². The predicted octanol–water partition coefficient (Wildman–Crippen LogP) is 3.91. The van der Waals surface area contributed by atoms with Crippen LogP contribution in [0.1, 0.15) is 36.6 Å².